The molecule has 1 atom stereocenters. The summed E-state index contributed by atoms with van der Waals surface area (Å²) in [5, 5.41) is 2.60. The van der Waals surface area contributed by atoms with E-state index in [1.807, 2.05) is 0 Å². The molecule has 0 aromatic heterocycles. The van der Waals surface area contributed by atoms with Crippen molar-refractivity contribution in [2.75, 3.05) is 36.5 Å². The molecule has 2 aliphatic heterocycles. The lowest BCUT2D eigenvalue weighted by molar-refractivity contribution is -0.123. The van der Waals surface area contributed by atoms with Crippen LogP contribution in [0.3, 0.4) is 0 Å². The number of benzene rings is 3. The highest BCUT2D eigenvalue weighted by molar-refractivity contribution is 7.89. The molecule has 0 bridgehead atoms. The van der Waals surface area contributed by atoms with E-state index in [0.29, 0.717) is 35.7 Å². The zero-order valence-electron chi connectivity index (χ0n) is 21.4. The van der Waals surface area contributed by atoms with Crippen LogP contribution in [0.25, 0.3) is 0 Å². The Morgan fingerprint density at radius 2 is 1.45 bits per heavy atom. The molecule has 0 saturated carbocycles. The molecule has 2 heterocycles. The summed E-state index contributed by atoms with van der Waals surface area (Å²) in [4.78, 5) is 51.7. The van der Waals surface area contributed by atoms with Gasteiger partial charge in [-0.3, -0.25) is 14.4 Å². The van der Waals surface area contributed by atoms with Crippen molar-refractivity contribution in [3.05, 3.63) is 89.5 Å². The zero-order chi connectivity index (χ0) is 28.4. The Labute approximate surface area is 230 Å². The molecule has 1 N–H and O–H groups in total. The van der Waals surface area contributed by atoms with Crippen molar-refractivity contribution < 1.29 is 37.1 Å². The van der Waals surface area contributed by atoms with E-state index in [-0.39, 0.29) is 23.5 Å². The summed E-state index contributed by atoms with van der Waals surface area (Å²) in [5.74, 6) is -2.29. The van der Waals surface area contributed by atoms with Crippen LogP contribution >= 0.6 is 0 Å². The van der Waals surface area contributed by atoms with Crippen LogP contribution in [0.2, 0.25) is 0 Å². The second-order valence-corrected chi connectivity index (χ2v) is 11.1. The lowest BCUT2D eigenvalue weighted by atomic mass is 10.1. The van der Waals surface area contributed by atoms with E-state index in [2.05, 4.69) is 5.32 Å². The van der Waals surface area contributed by atoms with Crippen LogP contribution in [0.15, 0.2) is 77.7 Å². The molecule has 3 aromatic carbocycles. The molecule has 1 fully saturated rings. The minimum absolute atomic E-state index is 0.0940. The number of carbonyl (C=O) groups is 4. The highest BCUT2D eigenvalue weighted by atomic mass is 32.2. The Morgan fingerprint density at radius 1 is 0.875 bits per heavy atom. The molecule has 12 heteroatoms. The molecule has 0 unspecified atom stereocenters. The normalized spacial score (nSPS) is 16.4. The standard InChI is InChI=1S/C28H25N3O8S/c1-18(25(32)29-20-8-12-22(13-9-20)40(36,37)30-14-16-38-17-15-30)39-28(35)19-6-10-21(11-7-19)31-26(33)23-4-2-3-5-24(23)27(31)34/h2-13,18H,14-17H2,1H3,(H,29,32)/t18-/m0/s1. The van der Waals surface area contributed by atoms with Gasteiger partial charge in [-0.1, -0.05) is 12.1 Å². The number of ether oxygens (including phenoxy) is 2. The van der Waals surface area contributed by atoms with Gasteiger partial charge < -0.3 is 14.8 Å². The van der Waals surface area contributed by atoms with Crippen LogP contribution in [-0.4, -0.2) is 68.8 Å². The minimum atomic E-state index is -3.67. The van der Waals surface area contributed by atoms with Crippen molar-refractivity contribution in [3.8, 4) is 0 Å². The fourth-order valence-electron chi connectivity index (χ4n) is 4.34. The van der Waals surface area contributed by atoms with E-state index in [4.69, 9.17) is 9.47 Å². The first-order chi connectivity index (χ1) is 19.2. The minimum Gasteiger partial charge on any atom is -0.449 e. The van der Waals surface area contributed by atoms with Crippen molar-refractivity contribution in [2.45, 2.75) is 17.9 Å². The van der Waals surface area contributed by atoms with E-state index in [0.717, 1.165) is 4.90 Å². The van der Waals surface area contributed by atoms with Gasteiger partial charge in [0.2, 0.25) is 10.0 Å². The molecular weight excluding hydrogens is 538 g/mol. The molecule has 1 saturated heterocycles. The number of esters is 1. The fourth-order valence-corrected chi connectivity index (χ4v) is 5.75. The monoisotopic (exact) mass is 563 g/mol. The fraction of sp³-hybridized carbons (Fsp3) is 0.214. The lowest BCUT2D eigenvalue weighted by Crippen LogP contribution is -2.40. The molecule has 0 spiro atoms. The van der Waals surface area contributed by atoms with Crippen LogP contribution in [-0.2, 0) is 24.3 Å². The van der Waals surface area contributed by atoms with Gasteiger partial charge in [0, 0.05) is 18.8 Å². The van der Waals surface area contributed by atoms with E-state index in [1.165, 1.54) is 59.8 Å². The van der Waals surface area contributed by atoms with Crippen LogP contribution < -0.4 is 10.2 Å². The number of hydrogen-bond acceptors (Lipinski definition) is 8. The number of sulfonamides is 1. The van der Waals surface area contributed by atoms with Crippen LogP contribution in [0.4, 0.5) is 11.4 Å². The quantitative estimate of drug-likeness (QED) is 0.342. The van der Waals surface area contributed by atoms with Gasteiger partial charge >= 0.3 is 5.97 Å². The predicted molar refractivity (Wildman–Crippen MR) is 144 cm³/mol. The summed E-state index contributed by atoms with van der Waals surface area (Å²) in [7, 11) is -3.67. The second-order valence-electron chi connectivity index (χ2n) is 9.12. The van der Waals surface area contributed by atoms with Crippen LogP contribution in [0.5, 0.6) is 0 Å². The molecule has 3 aromatic rings. The maximum atomic E-state index is 12.8. The van der Waals surface area contributed by atoms with Gasteiger partial charge in [-0.2, -0.15) is 4.31 Å². The van der Waals surface area contributed by atoms with Gasteiger partial charge in [0.25, 0.3) is 17.7 Å². The topological polar surface area (TPSA) is 139 Å². The number of carbonyl (C=O) groups excluding carboxylic acids is 4. The summed E-state index contributed by atoms with van der Waals surface area (Å²) in [6, 6.07) is 17.9. The predicted octanol–water partition coefficient (Wildman–Crippen LogP) is 2.69. The van der Waals surface area contributed by atoms with Crippen molar-refractivity contribution in [3.63, 3.8) is 0 Å². The van der Waals surface area contributed by atoms with Crippen molar-refractivity contribution in [1.29, 1.82) is 0 Å². The number of anilines is 2. The Hall–Kier alpha value is -4.39. The highest BCUT2D eigenvalue weighted by Crippen LogP contribution is 2.28. The van der Waals surface area contributed by atoms with Crippen LogP contribution in [0, 0.1) is 0 Å². The van der Waals surface area contributed by atoms with Crippen molar-refractivity contribution in [1.82, 2.24) is 4.31 Å². The smallest absolute Gasteiger partial charge is 0.338 e. The molecule has 206 valence electrons. The Kier molecular flexibility index (Phi) is 7.48. The van der Waals surface area contributed by atoms with E-state index in [1.54, 1.807) is 24.3 Å². The summed E-state index contributed by atoms with van der Waals surface area (Å²) < 4.78 is 37.3. The van der Waals surface area contributed by atoms with Gasteiger partial charge in [0.1, 0.15) is 0 Å². The number of amides is 3. The third kappa shape index (κ3) is 5.24. The maximum absolute atomic E-state index is 12.8. The summed E-state index contributed by atoms with van der Waals surface area (Å²) in [6.07, 6.45) is -1.17. The van der Waals surface area contributed by atoms with Gasteiger partial charge in [-0.05, 0) is 67.6 Å². The lowest BCUT2D eigenvalue weighted by Gasteiger charge is -2.26. The number of nitrogens with one attached hydrogen (secondary N) is 1. The number of imide groups is 1. The first kappa shape index (κ1) is 27.2. The molecule has 40 heavy (non-hydrogen) atoms. The number of hydrogen-bond donors (Lipinski definition) is 1. The molecule has 3 amide bonds. The molecule has 0 radical (unpaired) electrons. The van der Waals surface area contributed by atoms with Crippen molar-refractivity contribution >= 4 is 45.1 Å². The largest absolute Gasteiger partial charge is 0.449 e. The van der Waals surface area contributed by atoms with E-state index >= 15 is 0 Å². The molecule has 2 aliphatic rings. The average Bonchev–Trinajstić information content (AvgIpc) is 3.23. The first-order valence-corrected chi connectivity index (χ1v) is 13.9. The third-order valence-electron chi connectivity index (χ3n) is 6.54. The van der Waals surface area contributed by atoms with Gasteiger partial charge in [0.05, 0.1) is 40.5 Å². The number of morpholine rings is 1. The summed E-state index contributed by atoms with van der Waals surface area (Å²) in [5.41, 5.74) is 1.37. The molecule has 11 nitrogen and oxygen atoms in total. The highest BCUT2D eigenvalue weighted by Gasteiger charge is 2.36. The second kappa shape index (κ2) is 11.0. The average molecular weight is 564 g/mol. The summed E-state index contributed by atoms with van der Waals surface area (Å²) >= 11 is 0. The van der Waals surface area contributed by atoms with Gasteiger partial charge in [-0.15, -0.1) is 0 Å². The SMILES string of the molecule is C[C@H](OC(=O)c1ccc(N2C(=O)c3ccccc3C2=O)cc1)C(=O)Nc1ccc(S(=O)(=O)N2CCOCC2)cc1. The first-order valence-electron chi connectivity index (χ1n) is 12.4. The van der Waals surface area contributed by atoms with E-state index < -0.39 is 39.8 Å². The zero-order valence-corrected chi connectivity index (χ0v) is 22.2. The summed E-state index contributed by atoms with van der Waals surface area (Å²) in [6.45, 7) is 2.61. The molecular formula is C28H25N3O8S. The van der Waals surface area contributed by atoms with Crippen LogP contribution in [0.1, 0.15) is 38.0 Å². The Balaban J connectivity index is 1.18. The van der Waals surface area contributed by atoms with E-state index in [9.17, 15) is 27.6 Å². The number of fused-ring (bicyclic) bond motifs is 1. The Morgan fingerprint density at radius 3 is 2.02 bits per heavy atom. The van der Waals surface area contributed by atoms with Gasteiger partial charge in [-0.25, -0.2) is 18.1 Å². The molecule has 5 rings (SSSR count). The number of nitrogens with zero attached hydrogens (tertiary/aromatic N) is 2. The number of rotatable bonds is 7. The third-order valence-corrected chi connectivity index (χ3v) is 8.45. The van der Waals surface area contributed by atoms with Crippen molar-refractivity contribution in [2.24, 2.45) is 0 Å². The maximum Gasteiger partial charge on any atom is 0.338 e. The Bertz CT molecular complexity index is 1550. The molecule has 0 aliphatic carbocycles. The van der Waals surface area contributed by atoms with Gasteiger partial charge in [0.15, 0.2) is 6.10 Å².